The third-order valence-corrected chi connectivity index (χ3v) is 7.12. The van der Waals surface area contributed by atoms with Crippen LogP contribution in [0.5, 0.6) is 0 Å². The molecular formula is C25H23ClN2O5S. The van der Waals surface area contributed by atoms with Crippen molar-refractivity contribution >= 4 is 40.9 Å². The molecule has 0 saturated carbocycles. The van der Waals surface area contributed by atoms with Gasteiger partial charge in [-0.25, -0.2) is 4.79 Å². The summed E-state index contributed by atoms with van der Waals surface area (Å²) in [5.41, 5.74) is 4.30. The number of ether oxygens (including phenoxy) is 1. The lowest BCUT2D eigenvalue weighted by molar-refractivity contribution is -0.140. The average Bonchev–Trinajstić information content (AvgIpc) is 3.38. The average molecular weight is 499 g/mol. The number of thiophene rings is 1. The van der Waals surface area contributed by atoms with Gasteiger partial charge >= 0.3 is 12.1 Å². The number of carbonyl (C=O) groups excluding carboxylic acids is 2. The van der Waals surface area contributed by atoms with E-state index in [1.54, 1.807) is 19.1 Å². The molecule has 0 aliphatic heterocycles. The van der Waals surface area contributed by atoms with Gasteiger partial charge < -0.3 is 20.5 Å². The van der Waals surface area contributed by atoms with Crippen molar-refractivity contribution in [1.82, 2.24) is 10.6 Å². The van der Waals surface area contributed by atoms with Gasteiger partial charge in [0.2, 0.25) is 5.91 Å². The Hall–Kier alpha value is -3.36. The normalized spacial score (nSPS) is 13.9. The van der Waals surface area contributed by atoms with Crippen LogP contribution in [0.4, 0.5) is 4.79 Å². The summed E-state index contributed by atoms with van der Waals surface area (Å²) >= 11 is 7.26. The molecule has 4 rings (SSSR count). The summed E-state index contributed by atoms with van der Waals surface area (Å²) in [6.07, 6.45) is -1.43. The first-order valence-corrected chi connectivity index (χ1v) is 11.9. The minimum Gasteiger partial charge on any atom is -0.481 e. The summed E-state index contributed by atoms with van der Waals surface area (Å²) in [5, 5.41) is 14.4. The Labute approximate surface area is 205 Å². The first-order valence-electron chi connectivity index (χ1n) is 10.7. The lowest BCUT2D eigenvalue weighted by Gasteiger charge is -2.20. The van der Waals surface area contributed by atoms with Gasteiger partial charge in [0.15, 0.2) is 0 Å². The van der Waals surface area contributed by atoms with E-state index in [2.05, 4.69) is 10.6 Å². The lowest BCUT2D eigenvalue weighted by atomic mass is 9.98. The molecular weight excluding hydrogens is 476 g/mol. The number of alkyl carbamates (subject to hydrolysis) is 1. The van der Waals surface area contributed by atoms with Gasteiger partial charge in [0, 0.05) is 10.8 Å². The Morgan fingerprint density at radius 3 is 2.18 bits per heavy atom. The first kappa shape index (κ1) is 23.8. The highest BCUT2D eigenvalue weighted by molar-refractivity contribution is 7.16. The Kier molecular flexibility index (Phi) is 7.19. The van der Waals surface area contributed by atoms with Crippen molar-refractivity contribution < 1.29 is 24.2 Å². The molecule has 3 N–H and O–H groups in total. The molecule has 1 aliphatic rings. The second-order valence-electron chi connectivity index (χ2n) is 7.99. The number of carboxylic acids is 1. The summed E-state index contributed by atoms with van der Waals surface area (Å²) in [4.78, 5) is 37.4. The van der Waals surface area contributed by atoms with Gasteiger partial charge in [0.05, 0.1) is 16.8 Å². The van der Waals surface area contributed by atoms with Gasteiger partial charge in [-0.3, -0.25) is 9.59 Å². The number of carboxylic acid groups (broad SMARTS) is 1. The molecule has 2 atom stereocenters. The Morgan fingerprint density at radius 1 is 1.00 bits per heavy atom. The predicted octanol–water partition coefficient (Wildman–Crippen LogP) is 4.96. The van der Waals surface area contributed by atoms with Crippen LogP contribution in [-0.2, 0) is 14.3 Å². The van der Waals surface area contributed by atoms with Crippen LogP contribution in [0.25, 0.3) is 11.1 Å². The molecule has 2 unspecified atom stereocenters. The highest BCUT2D eigenvalue weighted by atomic mass is 35.5. The standard InChI is InChI=1S/C25H23ClN2O5S/c1-14(21-10-11-22(26)34-21)27-24(31)20(12-23(29)30)28-25(32)33-13-19-17-8-4-2-6-15(17)16-7-3-5-9-18(16)19/h2-11,14,19-20H,12-13H2,1H3,(H,27,31)(H,28,32)(H,29,30). The Bertz CT molecular complexity index is 1180. The van der Waals surface area contributed by atoms with E-state index < -0.39 is 36.5 Å². The molecule has 34 heavy (non-hydrogen) atoms. The van der Waals surface area contributed by atoms with E-state index in [4.69, 9.17) is 16.3 Å². The van der Waals surface area contributed by atoms with Crippen molar-refractivity contribution in [1.29, 1.82) is 0 Å². The van der Waals surface area contributed by atoms with E-state index in [1.807, 2.05) is 48.5 Å². The molecule has 1 aliphatic carbocycles. The third-order valence-electron chi connectivity index (χ3n) is 5.71. The van der Waals surface area contributed by atoms with Crippen LogP contribution in [0.2, 0.25) is 4.34 Å². The first-order chi connectivity index (χ1) is 16.3. The highest BCUT2D eigenvalue weighted by Gasteiger charge is 2.30. The van der Waals surface area contributed by atoms with Crippen LogP contribution in [0.3, 0.4) is 0 Å². The number of nitrogens with one attached hydrogen (secondary N) is 2. The maximum absolute atomic E-state index is 12.7. The van der Waals surface area contributed by atoms with Gasteiger partial charge in [-0.15, -0.1) is 11.3 Å². The largest absolute Gasteiger partial charge is 0.481 e. The number of hydrogen-bond donors (Lipinski definition) is 3. The fourth-order valence-corrected chi connectivity index (χ4v) is 5.18. The molecule has 2 amide bonds. The van der Waals surface area contributed by atoms with Crippen molar-refractivity contribution in [2.45, 2.75) is 31.3 Å². The Morgan fingerprint density at radius 2 is 1.62 bits per heavy atom. The zero-order valence-electron chi connectivity index (χ0n) is 18.3. The summed E-state index contributed by atoms with van der Waals surface area (Å²) < 4.78 is 6.04. The number of carbonyl (C=O) groups is 3. The van der Waals surface area contributed by atoms with Crippen molar-refractivity contribution in [3.8, 4) is 11.1 Å². The molecule has 0 fully saturated rings. The zero-order chi connectivity index (χ0) is 24.2. The molecule has 0 saturated heterocycles. The van der Waals surface area contributed by atoms with Crippen LogP contribution in [0, 0.1) is 0 Å². The topological polar surface area (TPSA) is 105 Å². The summed E-state index contributed by atoms with van der Waals surface area (Å²) in [6.45, 7) is 1.82. The van der Waals surface area contributed by atoms with Crippen LogP contribution < -0.4 is 10.6 Å². The van der Waals surface area contributed by atoms with E-state index in [9.17, 15) is 19.5 Å². The van der Waals surface area contributed by atoms with Crippen LogP contribution >= 0.6 is 22.9 Å². The smallest absolute Gasteiger partial charge is 0.407 e. The van der Waals surface area contributed by atoms with Crippen LogP contribution in [0.15, 0.2) is 60.7 Å². The molecule has 0 spiro atoms. The quantitative estimate of drug-likeness (QED) is 0.407. The zero-order valence-corrected chi connectivity index (χ0v) is 19.9. The maximum Gasteiger partial charge on any atom is 0.407 e. The molecule has 1 aromatic heterocycles. The monoisotopic (exact) mass is 498 g/mol. The van der Waals surface area contributed by atoms with E-state index >= 15 is 0 Å². The molecule has 176 valence electrons. The Balaban J connectivity index is 1.40. The number of amides is 2. The number of aliphatic carboxylic acids is 1. The molecule has 9 heteroatoms. The molecule has 1 heterocycles. The van der Waals surface area contributed by atoms with E-state index in [0.29, 0.717) is 4.34 Å². The fourth-order valence-electron chi connectivity index (χ4n) is 4.11. The van der Waals surface area contributed by atoms with Gasteiger partial charge in [-0.1, -0.05) is 60.1 Å². The number of hydrogen-bond acceptors (Lipinski definition) is 5. The lowest BCUT2D eigenvalue weighted by Crippen LogP contribution is -2.48. The summed E-state index contributed by atoms with van der Waals surface area (Å²) in [6, 6.07) is 17.7. The second kappa shape index (κ2) is 10.3. The van der Waals surface area contributed by atoms with E-state index in [0.717, 1.165) is 27.1 Å². The van der Waals surface area contributed by atoms with Gasteiger partial charge in [-0.05, 0) is 41.3 Å². The van der Waals surface area contributed by atoms with Crippen molar-refractivity contribution in [2.24, 2.45) is 0 Å². The van der Waals surface area contributed by atoms with Crippen molar-refractivity contribution in [3.05, 3.63) is 81.0 Å². The van der Waals surface area contributed by atoms with E-state index in [1.165, 1.54) is 11.3 Å². The number of benzene rings is 2. The molecule has 7 nitrogen and oxygen atoms in total. The number of rotatable bonds is 8. The summed E-state index contributed by atoms with van der Waals surface area (Å²) in [5.74, 6) is -1.98. The molecule has 3 aromatic rings. The van der Waals surface area contributed by atoms with E-state index in [-0.39, 0.29) is 12.5 Å². The number of fused-ring (bicyclic) bond motifs is 3. The highest BCUT2D eigenvalue weighted by Crippen LogP contribution is 2.44. The van der Waals surface area contributed by atoms with Crippen molar-refractivity contribution in [2.75, 3.05) is 6.61 Å². The summed E-state index contributed by atoms with van der Waals surface area (Å²) in [7, 11) is 0. The van der Waals surface area contributed by atoms with Crippen LogP contribution in [0.1, 0.15) is 41.3 Å². The number of halogens is 1. The minimum atomic E-state index is -1.29. The van der Waals surface area contributed by atoms with Gasteiger partial charge in [-0.2, -0.15) is 0 Å². The predicted molar refractivity (Wildman–Crippen MR) is 130 cm³/mol. The fraction of sp³-hybridized carbons (Fsp3) is 0.240. The van der Waals surface area contributed by atoms with Crippen LogP contribution in [-0.4, -0.2) is 35.7 Å². The SMILES string of the molecule is CC(NC(=O)C(CC(=O)O)NC(=O)OCC1c2ccccc2-c2ccccc21)c1ccc(Cl)s1. The molecule has 2 aromatic carbocycles. The van der Waals surface area contributed by atoms with Crippen molar-refractivity contribution in [3.63, 3.8) is 0 Å². The molecule has 0 bridgehead atoms. The second-order valence-corrected chi connectivity index (χ2v) is 9.74. The van der Waals surface area contributed by atoms with Gasteiger partial charge in [0.25, 0.3) is 0 Å². The van der Waals surface area contributed by atoms with Gasteiger partial charge in [0.1, 0.15) is 12.6 Å². The molecule has 0 radical (unpaired) electrons. The minimum absolute atomic E-state index is 0.0609. The third kappa shape index (κ3) is 5.24. The maximum atomic E-state index is 12.7.